The smallest absolute Gasteiger partial charge is 0.237 e. The van der Waals surface area contributed by atoms with Gasteiger partial charge in [-0.05, 0) is 64.5 Å². The Balaban J connectivity index is 1.49. The number of fused-ring (bicyclic) bond motifs is 2. The lowest BCUT2D eigenvalue weighted by Crippen LogP contribution is -2.58. The zero-order valence-electron chi connectivity index (χ0n) is 18.0. The second-order valence-electron chi connectivity index (χ2n) is 8.93. The van der Waals surface area contributed by atoms with Crippen molar-refractivity contribution in [1.29, 1.82) is 0 Å². The fourth-order valence-corrected chi connectivity index (χ4v) is 7.00. The van der Waals surface area contributed by atoms with Crippen LogP contribution in [0.1, 0.15) is 51.4 Å². The summed E-state index contributed by atoms with van der Waals surface area (Å²) in [5.41, 5.74) is 5.22. The average Bonchev–Trinajstić information content (AvgIpc) is 2.90. The molecule has 0 aromatic rings. The number of carbonyl (C=O) groups excluding carboxylic acids is 1. The molecule has 2 N–H and O–H groups in total. The molecule has 0 aliphatic carbocycles. The molecule has 3 heterocycles. The molecule has 168 valence electrons. The van der Waals surface area contributed by atoms with Crippen molar-refractivity contribution < 1.29 is 17.9 Å². The summed E-state index contributed by atoms with van der Waals surface area (Å²) >= 11 is 0. The van der Waals surface area contributed by atoms with Gasteiger partial charge < -0.3 is 15.4 Å². The first-order chi connectivity index (χ1) is 13.8. The van der Waals surface area contributed by atoms with Crippen molar-refractivity contribution in [3.8, 4) is 0 Å². The Hall–Kier alpha value is -0.740. The van der Waals surface area contributed by atoms with Crippen LogP contribution in [0.15, 0.2) is 0 Å². The SMILES string of the molecule is COCCN1CCC(N(C)S(=O)(=O)CCCN2[C@@H]3CCC[C@@]2(C(N)=O)CC3)CC1. The zero-order valence-corrected chi connectivity index (χ0v) is 18.8. The van der Waals surface area contributed by atoms with Gasteiger partial charge in [-0.3, -0.25) is 9.69 Å². The van der Waals surface area contributed by atoms with Crippen molar-refractivity contribution >= 4 is 15.9 Å². The fourth-order valence-electron chi connectivity index (χ4n) is 5.55. The number of sulfonamides is 1. The van der Waals surface area contributed by atoms with Gasteiger partial charge in [0.05, 0.1) is 12.4 Å². The second kappa shape index (κ2) is 9.60. The molecule has 3 fully saturated rings. The van der Waals surface area contributed by atoms with E-state index in [0.29, 0.717) is 25.6 Å². The Kier molecular flexibility index (Phi) is 7.59. The normalized spacial score (nSPS) is 29.6. The van der Waals surface area contributed by atoms with Crippen molar-refractivity contribution in [2.45, 2.75) is 69.0 Å². The van der Waals surface area contributed by atoms with E-state index in [1.807, 2.05) is 0 Å². The highest BCUT2D eigenvalue weighted by Gasteiger charge is 2.52. The number of rotatable bonds is 10. The predicted octanol–water partition coefficient (Wildman–Crippen LogP) is 0.621. The highest BCUT2D eigenvalue weighted by molar-refractivity contribution is 7.89. The molecular formula is C20H38N4O4S. The van der Waals surface area contributed by atoms with Gasteiger partial charge in [0.1, 0.15) is 5.54 Å². The second-order valence-corrected chi connectivity index (χ2v) is 11.1. The van der Waals surface area contributed by atoms with Gasteiger partial charge >= 0.3 is 0 Å². The van der Waals surface area contributed by atoms with Crippen LogP contribution in [0.2, 0.25) is 0 Å². The van der Waals surface area contributed by atoms with Crippen molar-refractivity contribution in [1.82, 2.24) is 14.1 Å². The number of hydrogen-bond donors (Lipinski definition) is 1. The van der Waals surface area contributed by atoms with Crippen LogP contribution < -0.4 is 5.73 Å². The van der Waals surface area contributed by atoms with E-state index >= 15 is 0 Å². The third kappa shape index (κ3) is 4.95. The van der Waals surface area contributed by atoms with Crippen LogP contribution in [0.25, 0.3) is 0 Å². The van der Waals surface area contributed by atoms with Gasteiger partial charge in [-0.2, -0.15) is 0 Å². The minimum absolute atomic E-state index is 0.0712. The van der Waals surface area contributed by atoms with Gasteiger partial charge in [0.15, 0.2) is 0 Å². The van der Waals surface area contributed by atoms with Gasteiger partial charge in [0.2, 0.25) is 15.9 Å². The molecule has 2 bridgehead atoms. The van der Waals surface area contributed by atoms with Crippen LogP contribution in [0.5, 0.6) is 0 Å². The van der Waals surface area contributed by atoms with E-state index < -0.39 is 15.6 Å². The maximum atomic E-state index is 12.9. The molecule has 0 aromatic carbocycles. The maximum Gasteiger partial charge on any atom is 0.237 e. The minimum atomic E-state index is -3.30. The highest BCUT2D eigenvalue weighted by Crippen LogP contribution is 2.44. The number of primary amides is 1. The van der Waals surface area contributed by atoms with Gasteiger partial charge in [0, 0.05) is 39.3 Å². The van der Waals surface area contributed by atoms with Crippen LogP contribution in [-0.2, 0) is 19.6 Å². The van der Waals surface area contributed by atoms with E-state index in [-0.39, 0.29) is 17.7 Å². The summed E-state index contributed by atoms with van der Waals surface area (Å²) in [5, 5.41) is 0. The van der Waals surface area contributed by atoms with Crippen LogP contribution in [-0.4, -0.2) is 98.7 Å². The number of ether oxygens (including phenoxy) is 1. The number of nitrogens with two attached hydrogens (primary N) is 1. The lowest BCUT2D eigenvalue weighted by Gasteiger charge is -2.43. The summed E-state index contributed by atoms with van der Waals surface area (Å²) in [6, 6.07) is 0.454. The first-order valence-corrected chi connectivity index (χ1v) is 12.6. The van der Waals surface area contributed by atoms with Crippen molar-refractivity contribution in [3.63, 3.8) is 0 Å². The molecule has 9 heteroatoms. The summed E-state index contributed by atoms with van der Waals surface area (Å²) in [7, 11) is 0.122. The number of likely N-dealkylation sites (tertiary alicyclic amines) is 1. The molecule has 8 nitrogen and oxygen atoms in total. The topological polar surface area (TPSA) is 96.2 Å². The Bertz CT molecular complexity index is 661. The van der Waals surface area contributed by atoms with Gasteiger partial charge in [-0.1, -0.05) is 0 Å². The highest BCUT2D eigenvalue weighted by atomic mass is 32.2. The fraction of sp³-hybridized carbons (Fsp3) is 0.950. The van der Waals surface area contributed by atoms with E-state index in [1.54, 1.807) is 18.5 Å². The van der Waals surface area contributed by atoms with Gasteiger partial charge in [0.25, 0.3) is 0 Å². The van der Waals surface area contributed by atoms with E-state index in [2.05, 4.69) is 9.80 Å². The van der Waals surface area contributed by atoms with E-state index in [9.17, 15) is 13.2 Å². The first kappa shape index (κ1) is 22.9. The summed E-state index contributed by atoms with van der Waals surface area (Å²) in [5.74, 6) is -0.106. The van der Waals surface area contributed by atoms with Gasteiger partial charge in [-0.25, -0.2) is 12.7 Å². The number of hydrogen-bond acceptors (Lipinski definition) is 6. The molecule has 2 atom stereocenters. The molecule has 0 spiro atoms. The Morgan fingerprint density at radius 3 is 2.55 bits per heavy atom. The molecule has 0 aromatic heterocycles. The predicted molar refractivity (Wildman–Crippen MR) is 113 cm³/mol. The quantitative estimate of drug-likeness (QED) is 0.546. The molecule has 0 unspecified atom stereocenters. The molecule has 3 aliphatic rings. The number of nitrogens with zero attached hydrogens (tertiary/aromatic N) is 3. The maximum absolute atomic E-state index is 12.9. The summed E-state index contributed by atoms with van der Waals surface area (Å²) in [4.78, 5) is 16.7. The minimum Gasteiger partial charge on any atom is -0.383 e. The van der Waals surface area contributed by atoms with Crippen molar-refractivity contribution in [2.75, 3.05) is 52.7 Å². The molecule has 3 saturated heterocycles. The van der Waals surface area contributed by atoms with Crippen molar-refractivity contribution in [3.05, 3.63) is 0 Å². The van der Waals surface area contributed by atoms with E-state index in [0.717, 1.165) is 64.6 Å². The molecule has 0 radical (unpaired) electrons. The molecule has 29 heavy (non-hydrogen) atoms. The van der Waals surface area contributed by atoms with E-state index in [4.69, 9.17) is 10.5 Å². The Morgan fingerprint density at radius 2 is 1.90 bits per heavy atom. The summed E-state index contributed by atoms with van der Waals surface area (Å²) < 4.78 is 32.5. The zero-order chi connectivity index (χ0) is 21.1. The standard InChI is InChI=1S/C20H38N4O4S/c1-22(17-7-12-23(13-8-17)14-15-28-2)29(26,27)16-4-11-24-18-5-3-9-20(24,10-6-18)19(21)25/h17-18H,3-16H2,1-2H3,(H2,21,25)/t18-,20+/m1/s1. The third-order valence-electron chi connectivity index (χ3n) is 7.39. The molecule has 3 aliphatic heterocycles. The average molecular weight is 431 g/mol. The monoisotopic (exact) mass is 430 g/mol. The van der Waals surface area contributed by atoms with Crippen LogP contribution in [0.3, 0.4) is 0 Å². The van der Waals surface area contributed by atoms with Crippen LogP contribution >= 0.6 is 0 Å². The Morgan fingerprint density at radius 1 is 1.17 bits per heavy atom. The summed E-state index contributed by atoms with van der Waals surface area (Å²) in [6.07, 6.45) is 7.02. The molecule has 1 amide bonds. The largest absolute Gasteiger partial charge is 0.383 e. The number of amides is 1. The molecule has 0 saturated carbocycles. The van der Waals surface area contributed by atoms with Crippen LogP contribution in [0.4, 0.5) is 0 Å². The molecule has 3 rings (SSSR count). The van der Waals surface area contributed by atoms with Gasteiger partial charge in [-0.15, -0.1) is 0 Å². The third-order valence-corrected chi connectivity index (χ3v) is 9.37. The Labute approximate surface area is 175 Å². The van der Waals surface area contributed by atoms with E-state index in [1.165, 1.54) is 0 Å². The molecular weight excluding hydrogens is 392 g/mol. The first-order valence-electron chi connectivity index (χ1n) is 11.0. The number of piperidine rings is 2. The lowest BCUT2D eigenvalue weighted by atomic mass is 9.87. The van der Waals surface area contributed by atoms with Crippen molar-refractivity contribution in [2.24, 2.45) is 5.73 Å². The van der Waals surface area contributed by atoms with Crippen LogP contribution in [0, 0.1) is 0 Å². The number of methoxy groups -OCH3 is 1. The summed E-state index contributed by atoms with van der Waals surface area (Å²) in [6.45, 7) is 4.06. The lowest BCUT2D eigenvalue weighted by molar-refractivity contribution is -0.131. The number of carbonyl (C=O) groups is 1.